The van der Waals surface area contributed by atoms with E-state index in [1.807, 2.05) is 29.5 Å². The highest BCUT2D eigenvalue weighted by atomic mass is 127. The number of hydrogen-bond donors (Lipinski definition) is 0. The summed E-state index contributed by atoms with van der Waals surface area (Å²) in [6.07, 6.45) is 0. The van der Waals surface area contributed by atoms with Gasteiger partial charge in [0.15, 0.2) is 0 Å². The van der Waals surface area contributed by atoms with Gasteiger partial charge in [-0.1, -0.05) is 0 Å². The lowest BCUT2D eigenvalue weighted by molar-refractivity contribution is 0.467. The summed E-state index contributed by atoms with van der Waals surface area (Å²) in [6.45, 7) is 4.26. The summed E-state index contributed by atoms with van der Waals surface area (Å²) in [6, 6.07) is 0. The van der Waals surface area contributed by atoms with E-state index in [-0.39, 0.29) is 5.95 Å². The molecule has 0 aliphatic rings. The van der Waals surface area contributed by atoms with Crippen LogP contribution in [0, 0.1) is 16.4 Å². The van der Waals surface area contributed by atoms with Gasteiger partial charge >= 0.3 is 0 Å². The zero-order valence-electron chi connectivity index (χ0n) is 5.86. The molecule has 0 atom stereocenters. The van der Waals surface area contributed by atoms with Gasteiger partial charge in [-0.25, -0.2) is 4.68 Å². The van der Waals surface area contributed by atoms with Crippen LogP contribution in [0.15, 0.2) is 0 Å². The molecule has 2 nitrogen and oxygen atoms in total. The Morgan fingerprint density at radius 3 is 2.50 bits per heavy atom. The normalized spacial score (nSPS) is 10.4. The minimum atomic E-state index is -0.222. The number of aryl methyl sites for hydroxylation is 2. The van der Waals surface area contributed by atoms with Crippen molar-refractivity contribution in [1.82, 2.24) is 9.78 Å². The molecule has 1 aromatic heterocycles. The first-order valence-electron chi connectivity index (χ1n) is 3.05. The molecule has 0 aromatic carbocycles. The topological polar surface area (TPSA) is 17.8 Å². The Morgan fingerprint density at radius 1 is 1.70 bits per heavy atom. The Kier molecular flexibility index (Phi) is 2.28. The van der Waals surface area contributed by atoms with Crippen LogP contribution in [0.25, 0.3) is 0 Å². The summed E-state index contributed by atoms with van der Waals surface area (Å²) in [7, 11) is 0. The summed E-state index contributed by atoms with van der Waals surface area (Å²) in [5, 5.41) is 3.96. The molecule has 0 saturated heterocycles. The van der Waals surface area contributed by atoms with Crippen LogP contribution in [0.5, 0.6) is 0 Å². The minimum absolute atomic E-state index is 0.222. The predicted octanol–water partition coefficient (Wildman–Crippen LogP) is 1.96. The lowest BCUT2D eigenvalue weighted by atomic mass is 10.5. The van der Waals surface area contributed by atoms with E-state index in [1.54, 1.807) is 6.92 Å². The van der Waals surface area contributed by atoms with Crippen LogP contribution in [0.3, 0.4) is 0 Å². The molecule has 4 heteroatoms. The van der Waals surface area contributed by atoms with E-state index in [9.17, 15) is 4.39 Å². The van der Waals surface area contributed by atoms with Crippen LogP contribution in [-0.4, -0.2) is 9.78 Å². The molecule has 10 heavy (non-hydrogen) atoms. The Morgan fingerprint density at radius 2 is 2.30 bits per heavy atom. The molecule has 0 unspecified atom stereocenters. The van der Waals surface area contributed by atoms with E-state index < -0.39 is 0 Å². The SMILES string of the molecule is CCn1nc(C)c(I)c1F. The van der Waals surface area contributed by atoms with Crippen LogP contribution in [-0.2, 0) is 6.54 Å². The molecule has 0 aliphatic carbocycles. The van der Waals surface area contributed by atoms with Gasteiger partial charge in [0.25, 0.3) is 0 Å². The molecule has 0 fully saturated rings. The van der Waals surface area contributed by atoms with Crippen molar-refractivity contribution in [1.29, 1.82) is 0 Å². The van der Waals surface area contributed by atoms with Crippen molar-refractivity contribution in [3.63, 3.8) is 0 Å². The van der Waals surface area contributed by atoms with E-state index in [4.69, 9.17) is 0 Å². The van der Waals surface area contributed by atoms with Crippen molar-refractivity contribution in [2.75, 3.05) is 0 Å². The molecule has 0 radical (unpaired) electrons. The monoisotopic (exact) mass is 254 g/mol. The average Bonchev–Trinajstić information content (AvgIpc) is 2.17. The first-order chi connectivity index (χ1) is 4.66. The van der Waals surface area contributed by atoms with E-state index in [0.29, 0.717) is 10.1 Å². The Balaban J connectivity index is 3.17. The molecule has 1 aromatic rings. The zero-order valence-corrected chi connectivity index (χ0v) is 8.01. The second-order valence-electron chi connectivity index (χ2n) is 2.01. The first kappa shape index (κ1) is 7.97. The third kappa shape index (κ3) is 1.16. The van der Waals surface area contributed by atoms with Gasteiger partial charge in [-0.2, -0.15) is 9.49 Å². The highest BCUT2D eigenvalue weighted by Gasteiger charge is 2.09. The molecule has 56 valence electrons. The van der Waals surface area contributed by atoms with Gasteiger partial charge in [-0.3, -0.25) is 0 Å². The molecule has 0 N–H and O–H groups in total. The summed E-state index contributed by atoms with van der Waals surface area (Å²) in [4.78, 5) is 0. The van der Waals surface area contributed by atoms with Crippen molar-refractivity contribution in [3.8, 4) is 0 Å². The lowest BCUT2D eigenvalue weighted by Gasteiger charge is -1.92. The number of rotatable bonds is 1. The molecule has 1 rings (SSSR count). The van der Waals surface area contributed by atoms with Gasteiger partial charge in [0.1, 0.15) is 0 Å². The predicted molar refractivity (Wildman–Crippen MR) is 45.3 cm³/mol. The van der Waals surface area contributed by atoms with Gasteiger partial charge in [-0.15, -0.1) is 0 Å². The summed E-state index contributed by atoms with van der Waals surface area (Å²) in [5.41, 5.74) is 0.764. The largest absolute Gasteiger partial charge is 0.239 e. The van der Waals surface area contributed by atoms with Gasteiger partial charge < -0.3 is 0 Å². The van der Waals surface area contributed by atoms with Crippen LogP contribution in [0.4, 0.5) is 4.39 Å². The maximum Gasteiger partial charge on any atom is 0.225 e. The van der Waals surface area contributed by atoms with Gasteiger partial charge in [0.05, 0.1) is 9.26 Å². The quantitative estimate of drug-likeness (QED) is 0.700. The van der Waals surface area contributed by atoms with Crippen molar-refractivity contribution in [2.24, 2.45) is 0 Å². The van der Waals surface area contributed by atoms with E-state index in [0.717, 1.165) is 5.69 Å². The fourth-order valence-electron chi connectivity index (χ4n) is 0.741. The summed E-state index contributed by atoms with van der Waals surface area (Å²) < 4.78 is 14.9. The standard InChI is InChI=1S/C6H8FIN2/c1-3-10-6(7)5(8)4(2)9-10/h3H2,1-2H3. The van der Waals surface area contributed by atoms with Crippen molar-refractivity contribution in [3.05, 3.63) is 15.2 Å². The van der Waals surface area contributed by atoms with E-state index in [2.05, 4.69) is 5.10 Å². The Bertz CT molecular complexity index is 244. The fraction of sp³-hybridized carbons (Fsp3) is 0.500. The maximum atomic E-state index is 12.9. The molecular weight excluding hydrogens is 246 g/mol. The smallest absolute Gasteiger partial charge is 0.225 e. The van der Waals surface area contributed by atoms with Crippen LogP contribution in [0.2, 0.25) is 0 Å². The number of hydrogen-bond acceptors (Lipinski definition) is 1. The van der Waals surface area contributed by atoms with Gasteiger partial charge in [0.2, 0.25) is 5.95 Å². The number of halogens is 2. The number of nitrogens with zero attached hydrogens (tertiary/aromatic N) is 2. The number of aromatic nitrogens is 2. The molecular formula is C6H8FIN2. The van der Waals surface area contributed by atoms with Crippen LogP contribution >= 0.6 is 22.6 Å². The molecule has 0 spiro atoms. The van der Waals surface area contributed by atoms with Crippen LogP contribution in [0.1, 0.15) is 12.6 Å². The molecule has 0 aliphatic heterocycles. The first-order valence-corrected chi connectivity index (χ1v) is 4.13. The molecule has 1 heterocycles. The van der Waals surface area contributed by atoms with Crippen molar-refractivity contribution in [2.45, 2.75) is 20.4 Å². The lowest BCUT2D eigenvalue weighted by Crippen LogP contribution is -1.99. The minimum Gasteiger partial charge on any atom is -0.239 e. The third-order valence-electron chi connectivity index (χ3n) is 1.30. The molecule has 0 saturated carbocycles. The van der Waals surface area contributed by atoms with Gasteiger partial charge in [0, 0.05) is 6.54 Å². The Hall–Kier alpha value is -0.130. The summed E-state index contributed by atoms with van der Waals surface area (Å²) in [5.74, 6) is -0.222. The second-order valence-corrected chi connectivity index (χ2v) is 3.08. The van der Waals surface area contributed by atoms with E-state index in [1.165, 1.54) is 4.68 Å². The highest BCUT2D eigenvalue weighted by molar-refractivity contribution is 14.1. The fourth-order valence-corrected chi connectivity index (χ4v) is 1.13. The third-order valence-corrected chi connectivity index (χ3v) is 2.52. The molecule has 0 amide bonds. The van der Waals surface area contributed by atoms with Crippen molar-refractivity contribution < 1.29 is 4.39 Å². The Labute approximate surface area is 72.6 Å². The summed E-state index contributed by atoms with van der Waals surface area (Å²) >= 11 is 1.95. The highest BCUT2D eigenvalue weighted by Crippen LogP contribution is 2.13. The van der Waals surface area contributed by atoms with Gasteiger partial charge in [-0.05, 0) is 36.4 Å². The van der Waals surface area contributed by atoms with Crippen LogP contribution < -0.4 is 0 Å². The van der Waals surface area contributed by atoms with Crippen molar-refractivity contribution >= 4 is 22.6 Å². The molecule has 0 bridgehead atoms. The zero-order chi connectivity index (χ0) is 7.72. The second kappa shape index (κ2) is 2.86. The maximum absolute atomic E-state index is 12.9. The average molecular weight is 254 g/mol. The van der Waals surface area contributed by atoms with E-state index >= 15 is 0 Å².